The molecule has 0 saturated carbocycles. The molecule has 4 rings (SSSR count). The van der Waals surface area contributed by atoms with E-state index in [0.29, 0.717) is 16.5 Å². The van der Waals surface area contributed by atoms with Gasteiger partial charge >= 0.3 is 0 Å². The van der Waals surface area contributed by atoms with Crippen LogP contribution in [0.5, 0.6) is 0 Å². The molecule has 0 radical (unpaired) electrons. The zero-order valence-corrected chi connectivity index (χ0v) is 17.1. The van der Waals surface area contributed by atoms with Gasteiger partial charge in [0.2, 0.25) is 5.91 Å². The first-order chi connectivity index (χ1) is 14.9. The molecule has 1 aliphatic rings. The van der Waals surface area contributed by atoms with Gasteiger partial charge in [-0.25, -0.2) is 4.39 Å². The predicted octanol–water partition coefficient (Wildman–Crippen LogP) is 4.11. The molecular formula is C24H21FN4O2. The Kier molecular flexibility index (Phi) is 5.47. The highest BCUT2D eigenvalue weighted by atomic mass is 19.1. The lowest BCUT2D eigenvalue weighted by Gasteiger charge is -2.19. The van der Waals surface area contributed by atoms with Gasteiger partial charge in [0.1, 0.15) is 11.7 Å². The Balaban J connectivity index is 1.54. The molecule has 1 unspecified atom stereocenters. The number of Topliss-reactive ketones (excluding diaryl/α,β-unsaturated/α-hetero) is 1. The van der Waals surface area contributed by atoms with E-state index in [0.717, 1.165) is 11.1 Å². The van der Waals surface area contributed by atoms with Gasteiger partial charge in [-0.1, -0.05) is 12.1 Å². The Hall–Kier alpha value is -3.66. The number of aromatic nitrogens is 2. The zero-order chi connectivity index (χ0) is 22.0. The zero-order valence-electron chi connectivity index (χ0n) is 17.1. The fraction of sp³-hybridized carbons (Fsp3) is 0.292. The molecular weight excluding hydrogens is 395 g/mol. The molecule has 0 N–H and O–H groups in total. The van der Waals surface area contributed by atoms with Gasteiger partial charge in [-0.15, -0.1) is 0 Å². The quantitative estimate of drug-likeness (QED) is 0.584. The normalized spacial score (nSPS) is 20.5. The van der Waals surface area contributed by atoms with Crippen LogP contribution in [-0.2, 0) is 4.79 Å². The van der Waals surface area contributed by atoms with Crippen LogP contribution in [-0.4, -0.2) is 44.8 Å². The van der Waals surface area contributed by atoms with E-state index >= 15 is 0 Å². The van der Waals surface area contributed by atoms with Crippen LogP contribution in [0, 0.1) is 11.3 Å². The van der Waals surface area contributed by atoms with Crippen molar-refractivity contribution in [3.63, 3.8) is 0 Å². The number of halogens is 1. The maximum atomic E-state index is 14.3. The lowest BCUT2D eigenvalue weighted by molar-refractivity contribution is -0.131. The van der Waals surface area contributed by atoms with E-state index in [4.69, 9.17) is 0 Å². The summed E-state index contributed by atoms with van der Waals surface area (Å²) in [6, 6.07) is 12.3. The molecule has 31 heavy (non-hydrogen) atoms. The second kappa shape index (κ2) is 8.23. The monoisotopic (exact) mass is 416 g/mol. The van der Waals surface area contributed by atoms with E-state index < -0.39 is 11.7 Å². The number of carbonyl (C=O) groups is 2. The number of amides is 1. The molecule has 1 amide bonds. The third-order valence-electron chi connectivity index (χ3n) is 5.57. The van der Waals surface area contributed by atoms with E-state index in [2.05, 4.69) is 9.97 Å². The third kappa shape index (κ3) is 4.29. The van der Waals surface area contributed by atoms with Crippen LogP contribution in [0.15, 0.2) is 55.0 Å². The van der Waals surface area contributed by atoms with Crippen molar-refractivity contribution in [3.8, 4) is 17.2 Å². The molecule has 1 aliphatic heterocycles. The summed E-state index contributed by atoms with van der Waals surface area (Å²) in [4.78, 5) is 35.2. The van der Waals surface area contributed by atoms with Crippen LogP contribution in [0.4, 0.5) is 4.39 Å². The van der Waals surface area contributed by atoms with Gasteiger partial charge in [0.25, 0.3) is 0 Å². The Morgan fingerprint density at radius 3 is 2.81 bits per heavy atom. The van der Waals surface area contributed by atoms with E-state index in [1.165, 1.54) is 11.8 Å². The molecule has 156 valence electrons. The number of nitrogens with zero attached hydrogens (tertiary/aromatic N) is 4. The largest absolute Gasteiger partial charge is 0.323 e. The molecule has 1 saturated heterocycles. The van der Waals surface area contributed by atoms with E-state index in [9.17, 15) is 19.2 Å². The summed E-state index contributed by atoms with van der Waals surface area (Å²) in [5, 5.41) is 9.92. The molecule has 3 aromatic rings. The number of nitriles is 1. The number of benzene rings is 1. The Bertz CT molecular complexity index is 1190. The van der Waals surface area contributed by atoms with Gasteiger partial charge in [-0.2, -0.15) is 5.26 Å². The second-order valence-electron chi connectivity index (χ2n) is 8.04. The van der Waals surface area contributed by atoms with E-state index in [-0.39, 0.29) is 37.5 Å². The predicted molar refractivity (Wildman–Crippen MR) is 114 cm³/mol. The van der Waals surface area contributed by atoms with Crippen molar-refractivity contribution < 1.29 is 14.0 Å². The van der Waals surface area contributed by atoms with E-state index in [1.54, 1.807) is 24.7 Å². The Morgan fingerprint density at radius 2 is 2.06 bits per heavy atom. The van der Waals surface area contributed by atoms with Gasteiger partial charge in [-0.3, -0.25) is 19.6 Å². The maximum absolute atomic E-state index is 14.3. The summed E-state index contributed by atoms with van der Waals surface area (Å²) < 4.78 is 14.3. The highest BCUT2D eigenvalue weighted by Gasteiger charge is 2.43. The molecule has 2 atom stereocenters. The first-order valence-electron chi connectivity index (χ1n) is 10.1. The molecule has 6 nitrogen and oxygen atoms in total. The van der Waals surface area contributed by atoms with Crippen LogP contribution >= 0.6 is 0 Å². The Labute approximate surface area is 179 Å². The van der Waals surface area contributed by atoms with Gasteiger partial charge in [0.15, 0.2) is 5.78 Å². The molecule has 1 aromatic carbocycles. The maximum Gasteiger partial charge on any atom is 0.224 e. The smallest absolute Gasteiger partial charge is 0.224 e. The summed E-state index contributed by atoms with van der Waals surface area (Å²) in [5.74, 6) is -0.574. The molecule has 0 spiro atoms. The topological polar surface area (TPSA) is 87.0 Å². The fourth-order valence-corrected chi connectivity index (χ4v) is 4.02. The van der Waals surface area contributed by atoms with Crippen molar-refractivity contribution in [3.05, 3.63) is 60.6 Å². The standard InChI is InChI=1S/C24H21FN4O2/c1-24(25)12-18(13-26)29(15-24)23(31)7-6-22(30)19-8-10-28-21-5-4-16(11-20(19)21)17-3-2-9-27-14-17/h2-5,8-11,14,18H,6-7,12,15H2,1H3/t18-,24?/m0/s1. The lowest BCUT2D eigenvalue weighted by Crippen LogP contribution is -2.36. The van der Waals surface area contributed by atoms with Crippen molar-refractivity contribution in [1.82, 2.24) is 14.9 Å². The summed E-state index contributed by atoms with van der Waals surface area (Å²) in [5.41, 5.74) is 1.42. The number of ketones is 1. The van der Waals surface area contributed by atoms with Crippen molar-refractivity contribution >= 4 is 22.6 Å². The number of rotatable bonds is 5. The molecule has 3 heterocycles. The van der Waals surface area contributed by atoms with Crippen molar-refractivity contribution in [2.24, 2.45) is 0 Å². The number of hydrogen-bond acceptors (Lipinski definition) is 5. The summed E-state index contributed by atoms with van der Waals surface area (Å²) in [7, 11) is 0. The van der Waals surface area contributed by atoms with Crippen LogP contribution in [0.3, 0.4) is 0 Å². The fourth-order valence-electron chi connectivity index (χ4n) is 4.02. The van der Waals surface area contributed by atoms with Gasteiger partial charge in [-0.05, 0) is 36.8 Å². The Morgan fingerprint density at radius 1 is 1.23 bits per heavy atom. The highest BCUT2D eigenvalue weighted by molar-refractivity contribution is 6.08. The van der Waals surface area contributed by atoms with Crippen molar-refractivity contribution in [2.45, 2.75) is 37.9 Å². The first-order valence-corrected chi connectivity index (χ1v) is 10.1. The number of hydrogen-bond donors (Lipinski definition) is 0. The van der Waals surface area contributed by atoms with Crippen LogP contribution < -0.4 is 0 Å². The van der Waals surface area contributed by atoms with Gasteiger partial charge in [0.05, 0.1) is 18.1 Å². The number of fused-ring (bicyclic) bond motifs is 1. The minimum absolute atomic E-state index is 0.00466. The number of pyridine rings is 2. The van der Waals surface area contributed by atoms with Crippen molar-refractivity contribution in [1.29, 1.82) is 5.26 Å². The SMILES string of the molecule is CC1(F)C[C@@H](C#N)N(C(=O)CCC(=O)c2ccnc3ccc(-c4cccnc4)cc23)C1. The number of carbonyl (C=O) groups excluding carboxylic acids is 2. The minimum Gasteiger partial charge on any atom is -0.323 e. The molecule has 7 heteroatoms. The summed E-state index contributed by atoms with van der Waals surface area (Å²) >= 11 is 0. The first kappa shape index (κ1) is 20.6. The molecule has 1 fully saturated rings. The molecule has 2 aromatic heterocycles. The molecule has 0 bridgehead atoms. The number of alkyl halides is 1. The minimum atomic E-state index is -1.58. The summed E-state index contributed by atoms with van der Waals surface area (Å²) in [6.07, 6.45) is 4.92. The van der Waals surface area contributed by atoms with Crippen molar-refractivity contribution in [2.75, 3.05) is 6.54 Å². The van der Waals surface area contributed by atoms with Crippen LogP contribution in [0.25, 0.3) is 22.0 Å². The van der Waals surface area contributed by atoms with Gasteiger partial charge in [0, 0.05) is 54.4 Å². The second-order valence-corrected chi connectivity index (χ2v) is 8.04. The average Bonchev–Trinajstić information content (AvgIpc) is 3.11. The molecule has 0 aliphatic carbocycles. The lowest BCUT2D eigenvalue weighted by atomic mass is 9.98. The van der Waals surface area contributed by atoms with E-state index in [1.807, 2.05) is 36.4 Å². The number of likely N-dealkylation sites (tertiary alicyclic amines) is 1. The third-order valence-corrected chi connectivity index (χ3v) is 5.57. The summed E-state index contributed by atoms with van der Waals surface area (Å²) in [6.45, 7) is 1.27. The van der Waals surface area contributed by atoms with Crippen LogP contribution in [0.1, 0.15) is 36.5 Å². The highest BCUT2D eigenvalue weighted by Crippen LogP contribution is 2.31. The average molecular weight is 416 g/mol. The van der Waals surface area contributed by atoms with Crippen LogP contribution in [0.2, 0.25) is 0 Å². The van der Waals surface area contributed by atoms with Gasteiger partial charge < -0.3 is 4.90 Å².